The van der Waals surface area contributed by atoms with Crippen LogP contribution in [0.4, 0.5) is 0 Å². The summed E-state index contributed by atoms with van der Waals surface area (Å²) in [5, 5.41) is 15.2. The average molecular weight is 497 g/mol. The first-order chi connectivity index (χ1) is 18.2. The number of amides is 1. The van der Waals surface area contributed by atoms with Gasteiger partial charge in [0, 0.05) is 16.5 Å². The molecule has 3 N–H and O–H groups in total. The predicted octanol–water partition coefficient (Wildman–Crippen LogP) is 5.25. The van der Waals surface area contributed by atoms with Crippen LogP contribution in [-0.2, 0) is 0 Å². The van der Waals surface area contributed by atoms with E-state index in [4.69, 9.17) is 9.47 Å². The first kappa shape index (κ1) is 23.6. The summed E-state index contributed by atoms with van der Waals surface area (Å²) in [6.07, 6.45) is 4.43. The third kappa shape index (κ3) is 5.04. The number of aromatic amines is 1. The molecule has 7 heteroatoms. The minimum absolute atomic E-state index is 0.0324. The van der Waals surface area contributed by atoms with Crippen LogP contribution in [0.1, 0.15) is 47.6 Å². The highest BCUT2D eigenvalue weighted by atomic mass is 16.5. The van der Waals surface area contributed by atoms with Gasteiger partial charge in [-0.2, -0.15) is 5.10 Å². The molecule has 1 atom stereocenters. The first-order valence-corrected chi connectivity index (χ1v) is 13.1. The SMILES string of the molecule is COc1cc(-c2n[nH]c3ccc(C(=O)NC(c4ccccc4)C4CC4)cc23)ccc1OC1CCNCC1. The molecule has 0 spiro atoms. The van der Waals surface area contributed by atoms with Gasteiger partial charge in [0.1, 0.15) is 11.8 Å². The Morgan fingerprint density at radius 1 is 0.973 bits per heavy atom. The number of fused-ring (bicyclic) bond motifs is 1. The number of nitrogens with one attached hydrogen (secondary N) is 3. The van der Waals surface area contributed by atoms with E-state index in [1.54, 1.807) is 7.11 Å². The Morgan fingerprint density at radius 3 is 2.54 bits per heavy atom. The number of methoxy groups -OCH3 is 1. The van der Waals surface area contributed by atoms with Crippen molar-refractivity contribution in [3.63, 3.8) is 0 Å². The molecule has 4 aromatic rings. The van der Waals surface area contributed by atoms with Crippen molar-refractivity contribution in [3.8, 4) is 22.8 Å². The molecular weight excluding hydrogens is 464 g/mol. The number of carbonyl (C=O) groups is 1. The number of hydrogen-bond acceptors (Lipinski definition) is 5. The molecule has 1 aliphatic heterocycles. The number of piperidine rings is 1. The maximum atomic E-state index is 13.3. The lowest BCUT2D eigenvalue weighted by Crippen LogP contribution is -2.34. The van der Waals surface area contributed by atoms with E-state index in [0.29, 0.717) is 17.2 Å². The molecule has 37 heavy (non-hydrogen) atoms. The van der Waals surface area contributed by atoms with E-state index in [1.165, 1.54) is 0 Å². The van der Waals surface area contributed by atoms with E-state index < -0.39 is 0 Å². The van der Waals surface area contributed by atoms with Gasteiger partial charge in [0.2, 0.25) is 0 Å². The maximum Gasteiger partial charge on any atom is 0.251 e. The van der Waals surface area contributed by atoms with Crippen LogP contribution in [0.25, 0.3) is 22.2 Å². The van der Waals surface area contributed by atoms with Crippen molar-refractivity contribution in [2.24, 2.45) is 5.92 Å². The van der Waals surface area contributed by atoms with Crippen molar-refractivity contribution in [1.29, 1.82) is 0 Å². The number of benzene rings is 3. The molecule has 2 heterocycles. The van der Waals surface area contributed by atoms with Crippen LogP contribution in [0.5, 0.6) is 11.5 Å². The summed E-state index contributed by atoms with van der Waals surface area (Å²) >= 11 is 0. The summed E-state index contributed by atoms with van der Waals surface area (Å²) in [6, 6.07) is 21.9. The molecule has 1 aliphatic carbocycles. The summed E-state index contributed by atoms with van der Waals surface area (Å²) < 4.78 is 11.9. The van der Waals surface area contributed by atoms with Gasteiger partial charge in [0.05, 0.1) is 18.7 Å². The van der Waals surface area contributed by atoms with Crippen LogP contribution in [-0.4, -0.2) is 42.4 Å². The van der Waals surface area contributed by atoms with E-state index >= 15 is 0 Å². The van der Waals surface area contributed by atoms with Crippen LogP contribution in [0.2, 0.25) is 0 Å². The van der Waals surface area contributed by atoms with Crippen molar-refractivity contribution < 1.29 is 14.3 Å². The normalized spacial score (nSPS) is 16.9. The fourth-order valence-electron chi connectivity index (χ4n) is 5.17. The van der Waals surface area contributed by atoms with Crippen LogP contribution >= 0.6 is 0 Å². The Morgan fingerprint density at radius 2 is 1.78 bits per heavy atom. The Bertz CT molecular complexity index is 1390. The maximum absolute atomic E-state index is 13.3. The zero-order valence-corrected chi connectivity index (χ0v) is 21.0. The largest absolute Gasteiger partial charge is 0.493 e. The van der Waals surface area contributed by atoms with Crippen LogP contribution in [0.3, 0.4) is 0 Å². The lowest BCUT2D eigenvalue weighted by Gasteiger charge is -2.24. The summed E-state index contributed by atoms with van der Waals surface area (Å²) in [7, 11) is 1.66. The van der Waals surface area contributed by atoms with E-state index in [2.05, 4.69) is 33.0 Å². The molecule has 3 aromatic carbocycles. The molecule has 1 aromatic heterocycles. The number of aromatic nitrogens is 2. The molecule has 2 fully saturated rings. The fourth-order valence-corrected chi connectivity index (χ4v) is 5.17. The second kappa shape index (κ2) is 10.3. The number of H-pyrrole nitrogens is 1. The van der Waals surface area contributed by atoms with E-state index in [-0.39, 0.29) is 18.1 Å². The second-order valence-electron chi connectivity index (χ2n) is 9.96. The van der Waals surface area contributed by atoms with Gasteiger partial charge < -0.3 is 20.1 Å². The van der Waals surface area contributed by atoms with Gasteiger partial charge >= 0.3 is 0 Å². The lowest BCUT2D eigenvalue weighted by molar-refractivity contribution is 0.0932. The Kier molecular flexibility index (Phi) is 6.53. The number of carbonyl (C=O) groups excluding carboxylic acids is 1. The molecule has 2 aliphatic rings. The predicted molar refractivity (Wildman–Crippen MR) is 144 cm³/mol. The monoisotopic (exact) mass is 496 g/mol. The van der Waals surface area contributed by atoms with Crippen LogP contribution in [0.15, 0.2) is 66.7 Å². The zero-order chi connectivity index (χ0) is 25.2. The van der Waals surface area contributed by atoms with Crippen molar-refractivity contribution in [1.82, 2.24) is 20.8 Å². The minimum atomic E-state index is -0.0712. The highest BCUT2D eigenvalue weighted by molar-refractivity contribution is 6.01. The van der Waals surface area contributed by atoms with Crippen LogP contribution < -0.4 is 20.1 Å². The Hall–Kier alpha value is -3.84. The van der Waals surface area contributed by atoms with Gasteiger partial charge in [0.25, 0.3) is 5.91 Å². The molecule has 6 rings (SSSR count). The van der Waals surface area contributed by atoms with Crippen LogP contribution in [0, 0.1) is 5.92 Å². The van der Waals surface area contributed by atoms with E-state index in [9.17, 15) is 4.79 Å². The number of rotatable bonds is 8. The molecule has 1 saturated carbocycles. The van der Waals surface area contributed by atoms with Crippen molar-refractivity contribution in [2.45, 2.75) is 37.8 Å². The second-order valence-corrected chi connectivity index (χ2v) is 9.96. The average Bonchev–Trinajstić information content (AvgIpc) is 3.71. The van der Waals surface area contributed by atoms with E-state index in [0.717, 1.165) is 72.2 Å². The standard InChI is InChI=1S/C30H32N4O3/c1-36-27-18-21(10-12-26(27)37-23-13-15-31-16-14-23)29-24-17-22(9-11-25(24)33-34-29)30(35)32-28(20-7-8-20)19-5-3-2-4-6-19/h2-6,9-12,17-18,20,23,28,31H,7-8,13-16H2,1H3,(H,32,35)(H,33,34). The third-order valence-corrected chi connectivity index (χ3v) is 7.38. The van der Waals surface area contributed by atoms with Gasteiger partial charge in [-0.05, 0) is 86.7 Å². The molecule has 0 radical (unpaired) electrons. The highest BCUT2D eigenvalue weighted by Gasteiger charge is 2.33. The highest BCUT2D eigenvalue weighted by Crippen LogP contribution is 2.41. The molecule has 0 bridgehead atoms. The molecular formula is C30H32N4O3. The Balaban J connectivity index is 1.26. The minimum Gasteiger partial charge on any atom is -0.493 e. The summed E-state index contributed by atoms with van der Waals surface area (Å²) in [4.78, 5) is 13.3. The smallest absolute Gasteiger partial charge is 0.251 e. The Labute approximate surface area is 216 Å². The van der Waals surface area contributed by atoms with Gasteiger partial charge in [-0.25, -0.2) is 0 Å². The summed E-state index contributed by atoms with van der Waals surface area (Å²) in [6.45, 7) is 1.93. The van der Waals surface area contributed by atoms with Gasteiger partial charge in [-0.3, -0.25) is 9.89 Å². The van der Waals surface area contributed by atoms with Crippen molar-refractivity contribution >= 4 is 16.8 Å². The van der Waals surface area contributed by atoms with Crippen molar-refractivity contribution in [2.75, 3.05) is 20.2 Å². The molecule has 1 unspecified atom stereocenters. The molecule has 7 nitrogen and oxygen atoms in total. The zero-order valence-electron chi connectivity index (χ0n) is 21.0. The van der Waals surface area contributed by atoms with Gasteiger partial charge in [-0.1, -0.05) is 30.3 Å². The third-order valence-electron chi connectivity index (χ3n) is 7.38. The molecule has 1 amide bonds. The quantitative estimate of drug-likeness (QED) is 0.310. The van der Waals surface area contributed by atoms with Crippen molar-refractivity contribution in [3.05, 3.63) is 77.9 Å². The first-order valence-electron chi connectivity index (χ1n) is 13.1. The number of ether oxygens (including phenoxy) is 2. The summed E-state index contributed by atoms with van der Waals surface area (Å²) in [5.74, 6) is 1.84. The molecule has 1 saturated heterocycles. The topological polar surface area (TPSA) is 88.3 Å². The molecule has 190 valence electrons. The fraction of sp³-hybridized carbons (Fsp3) is 0.333. The van der Waals surface area contributed by atoms with E-state index in [1.807, 2.05) is 54.6 Å². The van der Waals surface area contributed by atoms with Gasteiger partial charge in [0.15, 0.2) is 11.5 Å². The van der Waals surface area contributed by atoms with Gasteiger partial charge in [-0.15, -0.1) is 0 Å². The number of hydrogen-bond donors (Lipinski definition) is 3. The lowest BCUT2D eigenvalue weighted by atomic mass is 10.0. The number of nitrogens with zero attached hydrogens (tertiary/aromatic N) is 1. The summed E-state index contributed by atoms with van der Waals surface area (Å²) in [5.41, 5.74) is 4.33.